The number of aliphatic hydroxyl groups is 1. The first-order chi connectivity index (χ1) is 22.0. The summed E-state index contributed by atoms with van der Waals surface area (Å²) in [6.45, 7) is 3.67. The fourth-order valence-electron chi connectivity index (χ4n) is 5.59. The summed E-state index contributed by atoms with van der Waals surface area (Å²) in [6, 6.07) is 27.8. The summed E-state index contributed by atoms with van der Waals surface area (Å²) in [5.74, 6) is 0.927. The smallest absolute Gasteiger partial charge is 0.413 e. The van der Waals surface area contributed by atoms with E-state index in [9.17, 15) is 9.90 Å². The van der Waals surface area contributed by atoms with Crippen molar-refractivity contribution in [3.8, 4) is 5.75 Å². The first-order valence-corrected chi connectivity index (χ1v) is 14.5. The van der Waals surface area contributed by atoms with E-state index in [1.165, 1.54) is 12.4 Å². The molecule has 0 spiro atoms. The van der Waals surface area contributed by atoms with E-state index in [-0.39, 0.29) is 25.5 Å². The lowest BCUT2D eigenvalue weighted by Gasteiger charge is -2.37. The topological polar surface area (TPSA) is 130 Å². The average molecular weight is 608 g/mol. The van der Waals surface area contributed by atoms with Gasteiger partial charge >= 0.3 is 6.09 Å². The summed E-state index contributed by atoms with van der Waals surface area (Å²) < 4.78 is 25.4. The second kappa shape index (κ2) is 13.3. The quantitative estimate of drug-likeness (QED) is 0.153. The molecular weight excluding hydrogens is 574 g/mol. The lowest BCUT2D eigenvalue weighted by Crippen LogP contribution is -2.38. The van der Waals surface area contributed by atoms with Crippen LogP contribution in [-0.4, -0.2) is 63.3 Å². The molecule has 0 aliphatic carbocycles. The van der Waals surface area contributed by atoms with Crippen LogP contribution in [0.5, 0.6) is 5.75 Å². The van der Waals surface area contributed by atoms with Crippen molar-refractivity contribution in [2.45, 2.75) is 30.5 Å². The van der Waals surface area contributed by atoms with Gasteiger partial charge in [-0.15, -0.1) is 0 Å². The zero-order valence-electron chi connectivity index (χ0n) is 24.7. The van der Waals surface area contributed by atoms with Gasteiger partial charge in [-0.25, -0.2) is 19.7 Å². The minimum atomic E-state index is -1.01. The predicted octanol–water partition coefficient (Wildman–Crippen LogP) is 5.23. The Labute approximate surface area is 260 Å². The van der Waals surface area contributed by atoms with Crippen LogP contribution in [0, 0.1) is 0 Å². The number of aromatic nitrogens is 4. The lowest BCUT2D eigenvalue weighted by atomic mass is 9.80. The van der Waals surface area contributed by atoms with Crippen molar-refractivity contribution in [1.82, 2.24) is 19.5 Å². The molecule has 11 heteroatoms. The maximum Gasteiger partial charge on any atom is 0.413 e. The first-order valence-electron chi connectivity index (χ1n) is 14.5. The Morgan fingerprint density at radius 2 is 1.69 bits per heavy atom. The highest BCUT2D eigenvalue weighted by Crippen LogP contribution is 2.42. The van der Waals surface area contributed by atoms with Crippen molar-refractivity contribution >= 4 is 23.1 Å². The second-order valence-electron chi connectivity index (χ2n) is 10.4. The highest BCUT2D eigenvalue weighted by Gasteiger charge is 2.42. The molecule has 1 saturated heterocycles. The van der Waals surface area contributed by atoms with Crippen LogP contribution in [0.4, 0.5) is 10.6 Å². The molecule has 0 saturated carbocycles. The molecule has 6 rings (SSSR count). The van der Waals surface area contributed by atoms with Gasteiger partial charge in [-0.1, -0.05) is 85.5 Å². The van der Waals surface area contributed by atoms with Crippen LogP contribution in [0.15, 0.2) is 110 Å². The summed E-state index contributed by atoms with van der Waals surface area (Å²) in [7, 11) is 1.63. The number of imidazole rings is 1. The maximum absolute atomic E-state index is 12.1. The van der Waals surface area contributed by atoms with Gasteiger partial charge in [0.2, 0.25) is 0 Å². The van der Waals surface area contributed by atoms with E-state index in [2.05, 4.69) is 26.8 Å². The van der Waals surface area contributed by atoms with Crippen LogP contribution >= 0.6 is 0 Å². The monoisotopic (exact) mass is 607 g/mol. The summed E-state index contributed by atoms with van der Waals surface area (Å²) in [5.41, 5.74) is 2.53. The number of amides is 1. The number of hydrogen-bond acceptors (Lipinski definition) is 9. The molecule has 1 amide bonds. The minimum Gasteiger partial charge on any atom is -0.497 e. The van der Waals surface area contributed by atoms with Gasteiger partial charge in [-0.3, -0.25) is 9.88 Å². The van der Waals surface area contributed by atoms with E-state index in [1.807, 2.05) is 84.9 Å². The summed E-state index contributed by atoms with van der Waals surface area (Å²) in [6.07, 6.45) is 1.85. The number of hydrogen-bond donors (Lipinski definition) is 2. The zero-order chi connectivity index (χ0) is 31.2. The predicted molar refractivity (Wildman–Crippen MR) is 167 cm³/mol. The Bertz CT molecular complexity index is 1710. The van der Waals surface area contributed by atoms with E-state index < -0.39 is 30.1 Å². The van der Waals surface area contributed by atoms with Crippen molar-refractivity contribution < 1.29 is 28.8 Å². The molecule has 0 radical (unpaired) electrons. The summed E-state index contributed by atoms with van der Waals surface area (Å²) in [4.78, 5) is 25.0. The molecule has 1 fully saturated rings. The van der Waals surface area contributed by atoms with Gasteiger partial charge in [0.05, 0.1) is 26.1 Å². The van der Waals surface area contributed by atoms with Crippen molar-refractivity contribution in [1.29, 1.82) is 0 Å². The standard InChI is InChI=1S/C34H33N5O6/c1-3-18-43-33(41)38-31-30-32(36-21-35-31)39(22-37-30)29-19-27(40)28(45-29)20-44-34(23-10-6-4-7-11-23,24-12-8-5-9-13-24)25-14-16-26(42-2)17-15-25/h3-17,21-22,27-29,40H,1,18-20H2,2H3,(H,35,36,38,41)/t27-,28+,29+/m0/s1. The van der Waals surface area contributed by atoms with Crippen LogP contribution in [0.25, 0.3) is 11.2 Å². The molecule has 3 aromatic carbocycles. The van der Waals surface area contributed by atoms with E-state index in [1.54, 1.807) is 18.0 Å². The SMILES string of the molecule is C=CCOC(=O)Nc1ncnc2c1ncn2[C@H]1C[C@H](O)[C@@H](COC(c2ccccc2)(c2ccccc2)c2ccc(OC)cc2)O1. The lowest BCUT2D eigenvalue weighted by molar-refractivity contribution is -0.0930. The number of fused-ring (bicyclic) bond motifs is 1. The number of methoxy groups -OCH3 is 1. The number of anilines is 1. The minimum absolute atomic E-state index is 0.0556. The number of carbonyl (C=O) groups is 1. The van der Waals surface area contributed by atoms with Gasteiger partial charge in [0.25, 0.3) is 0 Å². The molecule has 11 nitrogen and oxygen atoms in total. The third-order valence-electron chi connectivity index (χ3n) is 7.75. The highest BCUT2D eigenvalue weighted by atomic mass is 16.6. The normalized spacial score (nSPS) is 18.0. The number of benzene rings is 3. The number of aliphatic hydroxyl groups excluding tert-OH is 1. The fourth-order valence-corrected chi connectivity index (χ4v) is 5.59. The fraction of sp³-hybridized carbons (Fsp3) is 0.235. The molecule has 1 aliphatic heterocycles. The van der Waals surface area contributed by atoms with Crippen LogP contribution in [0.3, 0.4) is 0 Å². The number of ether oxygens (including phenoxy) is 4. The molecule has 0 bridgehead atoms. The molecule has 3 atom stereocenters. The van der Waals surface area contributed by atoms with Crippen LogP contribution in [-0.2, 0) is 19.8 Å². The van der Waals surface area contributed by atoms with Crippen molar-refractivity contribution in [2.75, 3.05) is 25.6 Å². The van der Waals surface area contributed by atoms with Crippen molar-refractivity contribution in [2.24, 2.45) is 0 Å². The van der Waals surface area contributed by atoms with Crippen LogP contribution < -0.4 is 10.1 Å². The molecule has 1 aliphatic rings. The van der Waals surface area contributed by atoms with Gasteiger partial charge in [0.1, 0.15) is 36.6 Å². The van der Waals surface area contributed by atoms with Gasteiger partial charge in [0.15, 0.2) is 17.0 Å². The molecule has 0 unspecified atom stereocenters. The Morgan fingerprint density at radius 1 is 1.02 bits per heavy atom. The van der Waals surface area contributed by atoms with Crippen molar-refractivity contribution in [3.05, 3.63) is 127 Å². The zero-order valence-corrected chi connectivity index (χ0v) is 24.7. The van der Waals surface area contributed by atoms with Crippen LogP contribution in [0.1, 0.15) is 29.3 Å². The largest absolute Gasteiger partial charge is 0.497 e. The number of rotatable bonds is 11. The van der Waals surface area contributed by atoms with Gasteiger partial charge in [-0.2, -0.15) is 0 Å². The third kappa shape index (κ3) is 6.01. The van der Waals surface area contributed by atoms with E-state index in [0.717, 1.165) is 22.4 Å². The molecular formula is C34H33N5O6. The molecule has 3 heterocycles. The Kier molecular flexibility index (Phi) is 8.83. The summed E-state index contributed by atoms with van der Waals surface area (Å²) in [5, 5.41) is 13.8. The molecule has 230 valence electrons. The van der Waals surface area contributed by atoms with Crippen LogP contribution in [0.2, 0.25) is 0 Å². The van der Waals surface area contributed by atoms with E-state index in [0.29, 0.717) is 11.2 Å². The number of nitrogens with zero attached hydrogens (tertiary/aromatic N) is 4. The Balaban J connectivity index is 1.28. The molecule has 2 aromatic heterocycles. The summed E-state index contributed by atoms with van der Waals surface area (Å²) >= 11 is 0. The van der Waals surface area contributed by atoms with Gasteiger partial charge < -0.3 is 24.1 Å². The first kappa shape index (κ1) is 29.9. The third-order valence-corrected chi connectivity index (χ3v) is 7.75. The highest BCUT2D eigenvalue weighted by molar-refractivity contribution is 5.93. The molecule has 5 aromatic rings. The number of carbonyl (C=O) groups excluding carboxylic acids is 1. The Morgan fingerprint density at radius 3 is 2.33 bits per heavy atom. The van der Waals surface area contributed by atoms with Gasteiger partial charge in [0, 0.05) is 6.42 Å². The van der Waals surface area contributed by atoms with Crippen molar-refractivity contribution in [3.63, 3.8) is 0 Å². The van der Waals surface area contributed by atoms with E-state index in [4.69, 9.17) is 18.9 Å². The Hall–Kier alpha value is -5.10. The molecule has 45 heavy (non-hydrogen) atoms. The molecule has 2 N–H and O–H groups in total. The van der Waals surface area contributed by atoms with E-state index >= 15 is 0 Å². The maximum atomic E-state index is 12.1. The average Bonchev–Trinajstić information content (AvgIpc) is 3.69. The number of nitrogens with one attached hydrogen (secondary N) is 1. The second-order valence-corrected chi connectivity index (χ2v) is 10.4. The van der Waals surface area contributed by atoms with Gasteiger partial charge in [-0.05, 0) is 28.8 Å².